The second kappa shape index (κ2) is 8.60. The van der Waals surface area contributed by atoms with Crippen molar-refractivity contribution in [2.45, 2.75) is 32.3 Å². The van der Waals surface area contributed by atoms with Crippen LogP contribution in [0, 0.1) is 0 Å². The molecule has 1 aromatic heterocycles. The zero-order valence-corrected chi connectivity index (χ0v) is 17.5. The topological polar surface area (TPSA) is 91.5 Å². The molecule has 2 N–H and O–H groups in total. The number of hydrogen-bond donors (Lipinski definition) is 1. The first-order valence-electron chi connectivity index (χ1n) is 10.2. The van der Waals surface area contributed by atoms with Crippen LogP contribution in [0.25, 0.3) is 0 Å². The van der Waals surface area contributed by atoms with Gasteiger partial charge in [-0.05, 0) is 52.9 Å². The van der Waals surface area contributed by atoms with Crippen molar-refractivity contribution in [1.29, 1.82) is 0 Å². The van der Waals surface area contributed by atoms with Crippen molar-refractivity contribution in [3.05, 3.63) is 88.7 Å². The van der Waals surface area contributed by atoms with E-state index in [4.69, 9.17) is 15.2 Å². The summed E-state index contributed by atoms with van der Waals surface area (Å²) in [5.41, 5.74) is 9.13. The van der Waals surface area contributed by atoms with Gasteiger partial charge in [0.15, 0.2) is 5.78 Å². The minimum Gasteiger partial charge on any atom is -0.492 e. The highest BCUT2D eigenvalue weighted by atomic mass is 16.5. The standard InChI is InChI=1S/C25H24N2O4/c1-15(2)19-13-20-21(28)9-12-30-22(20)14-23(19)31-24(17-7-10-27-11-8-17)16-3-5-18(6-4-16)25(26)29/h3-8,10-11,13-15,24H,9,12H2,1-2H3,(H2,26,29). The van der Waals surface area contributed by atoms with Gasteiger partial charge >= 0.3 is 0 Å². The van der Waals surface area contributed by atoms with E-state index in [2.05, 4.69) is 18.8 Å². The Kier molecular flexibility index (Phi) is 5.71. The number of pyridine rings is 1. The highest BCUT2D eigenvalue weighted by Crippen LogP contribution is 2.39. The summed E-state index contributed by atoms with van der Waals surface area (Å²) in [6.07, 6.45) is 3.36. The fourth-order valence-corrected chi connectivity index (χ4v) is 3.67. The number of rotatable bonds is 6. The van der Waals surface area contributed by atoms with E-state index in [0.29, 0.717) is 35.7 Å². The molecule has 1 amide bonds. The first-order chi connectivity index (χ1) is 14.9. The molecule has 0 aliphatic carbocycles. The van der Waals surface area contributed by atoms with Crippen LogP contribution in [-0.4, -0.2) is 23.3 Å². The van der Waals surface area contributed by atoms with E-state index in [0.717, 1.165) is 16.7 Å². The van der Waals surface area contributed by atoms with E-state index in [9.17, 15) is 9.59 Å². The van der Waals surface area contributed by atoms with Crippen molar-refractivity contribution in [1.82, 2.24) is 4.98 Å². The lowest BCUT2D eigenvalue weighted by Crippen LogP contribution is -2.17. The van der Waals surface area contributed by atoms with Crippen LogP contribution in [0.4, 0.5) is 0 Å². The maximum absolute atomic E-state index is 12.4. The first-order valence-corrected chi connectivity index (χ1v) is 10.2. The van der Waals surface area contributed by atoms with Crippen molar-refractivity contribution < 1.29 is 19.1 Å². The van der Waals surface area contributed by atoms with E-state index in [1.54, 1.807) is 24.5 Å². The van der Waals surface area contributed by atoms with E-state index in [-0.39, 0.29) is 11.7 Å². The molecule has 0 saturated heterocycles. The zero-order chi connectivity index (χ0) is 22.0. The molecule has 3 aromatic rings. The third kappa shape index (κ3) is 4.28. The molecule has 2 aromatic carbocycles. The molecule has 1 aliphatic rings. The summed E-state index contributed by atoms with van der Waals surface area (Å²) in [7, 11) is 0. The molecular weight excluding hydrogens is 392 g/mol. The number of Topliss-reactive ketones (excluding diaryl/α,β-unsaturated/α-hetero) is 1. The molecule has 2 heterocycles. The van der Waals surface area contributed by atoms with E-state index in [1.807, 2.05) is 36.4 Å². The predicted octanol–water partition coefficient (Wildman–Crippen LogP) is 4.44. The summed E-state index contributed by atoms with van der Waals surface area (Å²) >= 11 is 0. The lowest BCUT2D eigenvalue weighted by molar-refractivity contribution is 0.0931. The van der Waals surface area contributed by atoms with E-state index in [1.165, 1.54) is 0 Å². The molecule has 1 unspecified atom stereocenters. The van der Waals surface area contributed by atoms with Gasteiger partial charge in [0.05, 0.1) is 12.2 Å². The van der Waals surface area contributed by atoms with Crippen molar-refractivity contribution in [3.63, 3.8) is 0 Å². The molecule has 0 bridgehead atoms. The van der Waals surface area contributed by atoms with E-state index < -0.39 is 12.0 Å². The second-order valence-corrected chi connectivity index (χ2v) is 7.83. The Morgan fingerprint density at radius 1 is 1.06 bits per heavy atom. The van der Waals surface area contributed by atoms with Gasteiger partial charge in [0, 0.05) is 30.4 Å². The number of nitrogens with zero attached hydrogens (tertiary/aromatic N) is 1. The van der Waals surface area contributed by atoms with Crippen LogP contribution in [0.15, 0.2) is 60.9 Å². The third-order valence-corrected chi connectivity index (χ3v) is 5.37. The van der Waals surface area contributed by atoms with Gasteiger partial charge < -0.3 is 15.2 Å². The predicted molar refractivity (Wildman–Crippen MR) is 117 cm³/mol. The third-order valence-electron chi connectivity index (χ3n) is 5.37. The summed E-state index contributed by atoms with van der Waals surface area (Å²) in [5, 5.41) is 0. The molecule has 0 fully saturated rings. The average Bonchev–Trinajstić information content (AvgIpc) is 2.78. The largest absolute Gasteiger partial charge is 0.492 e. The average molecular weight is 416 g/mol. The number of hydrogen-bond acceptors (Lipinski definition) is 5. The van der Waals surface area contributed by atoms with Crippen LogP contribution in [0.5, 0.6) is 11.5 Å². The van der Waals surface area contributed by atoms with Crippen LogP contribution < -0.4 is 15.2 Å². The Labute approximate surface area is 181 Å². The van der Waals surface area contributed by atoms with Crippen LogP contribution >= 0.6 is 0 Å². The first kappa shape index (κ1) is 20.6. The van der Waals surface area contributed by atoms with Crippen LogP contribution in [-0.2, 0) is 0 Å². The Hall–Kier alpha value is -3.67. The number of fused-ring (bicyclic) bond motifs is 1. The monoisotopic (exact) mass is 416 g/mol. The molecule has 4 rings (SSSR count). The number of carbonyl (C=O) groups is 2. The van der Waals surface area contributed by atoms with Gasteiger partial charge in [-0.3, -0.25) is 14.6 Å². The molecule has 0 spiro atoms. The van der Waals surface area contributed by atoms with E-state index >= 15 is 0 Å². The second-order valence-electron chi connectivity index (χ2n) is 7.83. The Balaban J connectivity index is 1.78. The number of carbonyl (C=O) groups excluding carboxylic acids is 2. The van der Waals surface area contributed by atoms with Crippen LogP contribution in [0.2, 0.25) is 0 Å². The summed E-state index contributed by atoms with van der Waals surface area (Å²) in [4.78, 5) is 27.9. The Morgan fingerprint density at radius 3 is 2.39 bits per heavy atom. The highest BCUT2D eigenvalue weighted by molar-refractivity contribution is 6.00. The summed E-state index contributed by atoms with van der Waals surface area (Å²) in [5.74, 6) is 0.955. The number of ketones is 1. The highest BCUT2D eigenvalue weighted by Gasteiger charge is 2.25. The molecule has 1 atom stereocenters. The van der Waals surface area contributed by atoms with Gasteiger partial charge in [-0.25, -0.2) is 0 Å². The maximum Gasteiger partial charge on any atom is 0.248 e. The normalized spacial score (nSPS) is 14.0. The molecule has 31 heavy (non-hydrogen) atoms. The lowest BCUT2D eigenvalue weighted by atomic mass is 9.95. The Bertz CT molecular complexity index is 1110. The minimum atomic E-state index is -0.480. The number of aromatic nitrogens is 1. The molecule has 0 radical (unpaired) electrons. The minimum absolute atomic E-state index is 0.0856. The zero-order valence-electron chi connectivity index (χ0n) is 17.5. The number of nitrogens with two attached hydrogens (primary N) is 1. The number of amides is 1. The summed E-state index contributed by atoms with van der Waals surface area (Å²) in [6.45, 7) is 4.49. The number of benzene rings is 2. The van der Waals surface area contributed by atoms with Crippen molar-refractivity contribution in [3.8, 4) is 11.5 Å². The quantitative estimate of drug-likeness (QED) is 0.641. The van der Waals surface area contributed by atoms with Crippen molar-refractivity contribution >= 4 is 11.7 Å². The molecule has 1 aliphatic heterocycles. The molecular formula is C25H24N2O4. The fourth-order valence-electron chi connectivity index (χ4n) is 3.67. The maximum atomic E-state index is 12.4. The van der Waals surface area contributed by atoms with Gasteiger partial charge in [-0.1, -0.05) is 26.0 Å². The van der Waals surface area contributed by atoms with Gasteiger partial charge in [0.1, 0.15) is 17.6 Å². The summed E-state index contributed by atoms with van der Waals surface area (Å²) in [6, 6.07) is 14.5. The van der Waals surface area contributed by atoms with Gasteiger partial charge in [-0.15, -0.1) is 0 Å². The van der Waals surface area contributed by atoms with Gasteiger partial charge in [0.25, 0.3) is 0 Å². The lowest BCUT2D eigenvalue weighted by Gasteiger charge is -2.25. The summed E-state index contributed by atoms with van der Waals surface area (Å²) < 4.78 is 12.3. The SMILES string of the molecule is CC(C)c1cc2c(cc1OC(c1ccncc1)c1ccc(C(N)=O)cc1)OCCC2=O. The van der Waals surface area contributed by atoms with Crippen LogP contribution in [0.1, 0.15) is 69.7 Å². The molecule has 0 saturated carbocycles. The van der Waals surface area contributed by atoms with Crippen molar-refractivity contribution in [2.75, 3.05) is 6.61 Å². The molecule has 158 valence electrons. The van der Waals surface area contributed by atoms with Gasteiger partial charge in [-0.2, -0.15) is 0 Å². The number of ether oxygens (including phenoxy) is 2. The Morgan fingerprint density at radius 2 is 1.74 bits per heavy atom. The molecule has 6 heteroatoms. The van der Waals surface area contributed by atoms with Gasteiger partial charge in [0.2, 0.25) is 5.91 Å². The van der Waals surface area contributed by atoms with Crippen molar-refractivity contribution in [2.24, 2.45) is 5.73 Å². The smallest absolute Gasteiger partial charge is 0.248 e. The molecule has 6 nitrogen and oxygen atoms in total. The number of primary amides is 1. The van der Waals surface area contributed by atoms with Crippen LogP contribution in [0.3, 0.4) is 0 Å². The fraction of sp³-hybridized carbons (Fsp3) is 0.240.